The molecule has 2 nitrogen and oxygen atoms in total. The minimum atomic E-state index is -4.91. The minimum absolute atomic E-state index is 0.0459. The number of alkyl halides is 3. The highest BCUT2D eigenvalue weighted by Crippen LogP contribution is 2.22. The molecule has 2 rings (SSSR count). The van der Waals surface area contributed by atoms with E-state index in [1.54, 1.807) is 6.07 Å². The van der Waals surface area contributed by atoms with Gasteiger partial charge in [-0.2, -0.15) is 13.2 Å². The second-order valence-electron chi connectivity index (χ2n) is 4.14. The molecule has 0 aliphatic heterocycles. The molecule has 1 aromatic carbocycles. The Kier molecular flexibility index (Phi) is 3.99. The first-order valence-electron chi connectivity index (χ1n) is 5.48. The average molecular weight is 350 g/mol. The molecule has 2 aromatic rings. The molecule has 0 aliphatic carbocycles. The Bertz CT molecular complexity index is 648. The maximum Gasteiger partial charge on any atom is 0.454 e. The number of hydrogen-bond donors (Lipinski definition) is 0. The molecule has 0 unspecified atom stereocenters. The van der Waals surface area contributed by atoms with Gasteiger partial charge in [0.1, 0.15) is 5.82 Å². The van der Waals surface area contributed by atoms with Crippen molar-refractivity contribution in [1.29, 1.82) is 0 Å². The van der Waals surface area contributed by atoms with Gasteiger partial charge in [0.2, 0.25) is 0 Å². The highest BCUT2D eigenvalue weighted by Gasteiger charge is 2.39. The lowest BCUT2D eigenvalue weighted by Crippen LogP contribution is -2.22. The van der Waals surface area contributed by atoms with Crippen molar-refractivity contribution in [2.75, 3.05) is 0 Å². The van der Waals surface area contributed by atoms with Crippen molar-refractivity contribution in [3.63, 3.8) is 0 Å². The van der Waals surface area contributed by atoms with Crippen LogP contribution in [0.4, 0.5) is 17.6 Å². The maximum absolute atomic E-state index is 13.6. The minimum Gasteiger partial charge on any atom is -0.349 e. The number of carbonyl (C=O) groups is 1. The van der Waals surface area contributed by atoms with Crippen molar-refractivity contribution in [1.82, 2.24) is 4.57 Å². The number of Topliss-reactive ketones (excluding diaryl/α,β-unsaturated/α-hetero) is 1. The van der Waals surface area contributed by atoms with Crippen LogP contribution in [0.5, 0.6) is 0 Å². The molecular formula is C13H8BrF4NO. The van der Waals surface area contributed by atoms with Crippen LogP contribution in [-0.4, -0.2) is 16.5 Å². The maximum atomic E-state index is 13.6. The van der Waals surface area contributed by atoms with Gasteiger partial charge in [-0.05, 0) is 18.2 Å². The molecule has 1 heterocycles. The zero-order valence-corrected chi connectivity index (χ0v) is 11.5. The highest BCUT2D eigenvalue weighted by molar-refractivity contribution is 9.10. The lowest BCUT2D eigenvalue weighted by atomic mass is 10.2. The summed E-state index contributed by atoms with van der Waals surface area (Å²) in [6.07, 6.45) is -2.55. The number of carbonyl (C=O) groups excluding carboxylic acids is 1. The van der Waals surface area contributed by atoms with E-state index >= 15 is 0 Å². The normalized spacial score (nSPS) is 11.7. The van der Waals surface area contributed by atoms with Crippen molar-refractivity contribution < 1.29 is 22.4 Å². The van der Waals surface area contributed by atoms with Gasteiger partial charge in [-0.25, -0.2) is 4.39 Å². The van der Waals surface area contributed by atoms with Gasteiger partial charge in [-0.1, -0.05) is 22.0 Å². The smallest absolute Gasteiger partial charge is 0.349 e. The molecule has 0 spiro atoms. The number of nitrogens with zero attached hydrogens (tertiary/aromatic N) is 1. The molecule has 0 saturated carbocycles. The third kappa shape index (κ3) is 3.27. The molecule has 7 heteroatoms. The quantitative estimate of drug-likeness (QED) is 0.601. The standard InChI is InChI=1S/C13H8BrF4NO/c14-10-2-1-8(11(15)5-10)6-19-4-3-9(7-19)12(20)13(16,17)18/h1-5,7H,6H2. The number of benzene rings is 1. The van der Waals surface area contributed by atoms with Gasteiger partial charge in [0, 0.05) is 34.5 Å². The summed E-state index contributed by atoms with van der Waals surface area (Å²) in [6, 6.07) is 5.47. The lowest BCUT2D eigenvalue weighted by molar-refractivity contribution is -0.0885. The van der Waals surface area contributed by atoms with Crippen LogP contribution >= 0.6 is 15.9 Å². The Morgan fingerprint density at radius 2 is 1.95 bits per heavy atom. The lowest BCUT2D eigenvalue weighted by Gasteiger charge is -2.05. The zero-order valence-electron chi connectivity index (χ0n) is 9.92. The molecular weight excluding hydrogens is 342 g/mol. The average Bonchev–Trinajstić information content (AvgIpc) is 2.79. The van der Waals surface area contributed by atoms with E-state index in [1.165, 1.54) is 22.9 Å². The van der Waals surface area contributed by atoms with E-state index in [0.717, 1.165) is 12.3 Å². The predicted octanol–water partition coefficient (Wildman–Crippen LogP) is 4.18. The number of rotatable bonds is 3. The van der Waals surface area contributed by atoms with Crippen LogP contribution in [0.1, 0.15) is 15.9 Å². The van der Waals surface area contributed by atoms with Crippen molar-refractivity contribution >= 4 is 21.7 Å². The molecule has 0 bridgehead atoms. The molecule has 0 N–H and O–H groups in total. The van der Waals surface area contributed by atoms with Crippen LogP contribution in [0.25, 0.3) is 0 Å². The molecule has 0 fully saturated rings. The Morgan fingerprint density at radius 1 is 1.25 bits per heavy atom. The van der Waals surface area contributed by atoms with E-state index in [0.29, 0.717) is 10.0 Å². The molecule has 20 heavy (non-hydrogen) atoms. The van der Waals surface area contributed by atoms with E-state index in [-0.39, 0.29) is 6.54 Å². The van der Waals surface area contributed by atoms with Crippen molar-refractivity contribution in [2.24, 2.45) is 0 Å². The van der Waals surface area contributed by atoms with Gasteiger partial charge in [-0.3, -0.25) is 4.79 Å². The van der Waals surface area contributed by atoms with Gasteiger partial charge in [0.25, 0.3) is 5.78 Å². The molecule has 106 valence electrons. The van der Waals surface area contributed by atoms with Crippen LogP contribution < -0.4 is 0 Å². The van der Waals surface area contributed by atoms with E-state index in [2.05, 4.69) is 15.9 Å². The SMILES string of the molecule is O=C(c1ccn(Cc2ccc(Br)cc2F)c1)C(F)(F)F. The molecule has 0 saturated heterocycles. The second-order valence-corrected chi connectivity index (χ2v) is 5.05. The summed E-state index contributed by atoms with van der Waals surface area (Å²) in [7, 11) is 0. The Balaban J connectivity index is 2.20. The van der Waals surface area contributed by atoms with Crippen LogP contribution in [0, 0.1) is 5.82 Å². The van der Waals surface area contributed by atoms with Gasteiger partial charge in [-0.15, -0.1) is 0 Å². The van der Waals surface area contributed by atoms with E-state index in [1.807, 2.05) is 0 Å². The van der Waals surface area contributed by atoms with Gasteiger partial charge < -0.3 is 4.57 Å². The van der Waals surface area contributed by atoms with Crippen LogP contribution in [-0.2, 0) is 6.54 Å². The highest BCUT2D eigenvalue weighted by atomic mass is 79.9. The third-order valence-electron chi connectivity index (χ3n) is 2.64. The first-order valence-corrected chi connectivity index (χ1v) is 6.28. The molecule has 0 radical (unpaired) electrons. The third-order valence-corrected chi connectivity index (χ3v) is 3.13. The summed E-state index contributed by atoms with van der Waals surface area (Å²) >= 11 is 3.11. The molecule has 0 aliphatic rings. The summed E-state index contributed by atoms with van der Waals surface area (Å²) in [5.41, 5.74) is -0.148. The zero-order chi connectivity index (χ0) is 14.9. The molecule has 0 amide bonds. The predicted molar refractivity (Wildman–Crippen MR) is 68.0 cm³/mol. The van der Waals surface area contributed by atoms with Gasteiger partial charge in [0.15, 0.2) is 0 Å². The Hall–Kier alpha value is -1.63. The van der Waals surface area contributed by atoms with E-state index < -0.39 is 23.3 Å². The summed E-state index contributed by atoms with van der Waals surface area (Å²) in [5, 5.41) is 0. The van der Waals surface area contributed by atoms with Crippen molar-refractivity contribution in [3.05, 3.63) is 58.1 Å². The van der Waals surface area contributed by atoms with Crippen LogP contribution in [0.2, 0.25) is 0 Å². The summed E-state index contributed by atoms with van der Waals surface area (Å²) in [4.78, 5) is 11.0. The summed E-state index contributed by atoms with van der Waals surface area (Å²) in [6.45, 7) is 0.0459. The first kappa shape index (κ1) is 14.8. The van der Waals surface area contributed by atoms with Crippen molar-refractivity contribution in [3.8, 4) is 0 Å². The fourth-order valence-corrected chi connectivity index (χ4v) is 2.02. The van der Waals surface area contributed by atoms with Gasteiger partial charge >= 0.3 is 6.18 Å². The largest absolute Gasteiger partial charge is 0.454 e. The fourth-order valence-electron chi connectivity index (χ4n) is 1.68. The van der Waals surface area contributed by atoms with Crippen LogP contribution in [0.15, 0.2) is 41.1 Å². The topological polar surface area (TPSA) is 22.0 Å². The monoisotopic (exact) mass is 349 g/mol. The van der Waals surface area contributed by atoms with E-state index in [4.69, 9.17) is 0 Å². The molecule has 1 aromatic heterocycles. The van der Waals surface area contributed by atoms with Crippen LogP contribution in [0.3, 0.4) is 0 Å². The summed E-state index contributed by atoms with van der Waals surface area (Å²) in [5.74, 6) is -2.38. The number of aromatic nitrogens is 1. The Morgan fingerprint density at radius 3 is 2.55 bits per heavy atom. The Labute approximate surface area is 120 Å². The number of hydrogen-bond acceptors (Lipinski definition) is 1. The van der Waals surface area contributed by atoms with Gasteiger partial charge in [0.05, 0.1) is 0 Å². The number of halogens is 5. The van der Waals surface area contributed by atoms with Crippen molar-refractivity contribution in [2.45, 2.75) is 12.7 Å². The summed E-state index contributed by atoms with van der Waals surface area (Å²) < 4.78 is 52.3. The van der Waals surface area contributed by atoms with E-state index in [9.17, 15) is 22.4 Å². The first-order chi connectivity index (χ1) is 9.27. The number of ketones is 1. The fraction of sp³-hybridized carbons (Fsp3) is 0.154. The second kappa shape index (κ2) is 5.40. The molecule has 0 atom stereocenters.